The minimum absolute atomic E-state index is 0.170. The van der Waals surface area contributed by atoms with Crippen molar-refractivity contribution in [3.05, 3.63) is 100 Å². The summed E-state index contributed by atoms with van der Waals surface area (Å²) in [6.45, 7) is 0. The number of nitrogens with one attached hydrogen (secondary N) is 1. The van der Waals surface area contributed by atoms with E-state index < -0.39 is 15.0 Å². The van der Waals surface area contributed by atoms with E-state index in [1.54, 1.807) is 12.1 Å². The van der Waals surface area contributed by atoms with Crippen LogP contribution in [0.4, 0.5) is 11.5 Å². The smallest absolute Gasteiger partial charge is 0.282 e. The van der Waals surface area contributed by atoms with E-state index in [4.69, 9.17) is 0 Å². The summed E-state index contributed by atoms with van der Waals surface area (Å²) in [5.74, 6) is 0.236. The van der Waals surface area contributed by atoms with Crippen molar-refractivity contribution in [3.8, 4) is 0 Å². The largest absolute Gasteiger partial charge is 0.294 e. The van der Waals surface area contributed by atoms with Gasteiger partial charge in [-0.1, -0.05) is 36.4 Å². The predicted octanol–water partition coefficient (Wildman–Crippen LogP) is 3.65. The van der Waals surface area contributed by atoms with Gasteiger partial charge in [0.15, 0.2) is 0 Å². The molecule has 32 heavy (non-hydrogen) atoms. The molecule has 0 bridgehead atoms. The van der Waals surface area contributed by atoms with Crippen molar-refractivity contribution in [1.29, 1.82) is 0 Å². The van der Waals surface area contributed by atoms with E-state index >= 15 is 0 Å². The Morgan fingerprint density at radius 1 is 1.03 bits per heavy atom. The second-order valence-electron chi connectivity index (χ2n) is 6.62. The van der Waals surface area contributed by atoms with Crippen LogP contribution in [0.25, 0.3) is 10.9 Å². The third-order valence-corrected chi connectivity index (χ3v) is 5.34. The molecule has 10 nitrogen and oxygen atoms in total. The Bertz CT molecular complexity index is 1450. The highest BCUT2D eigenvalue weighted by molar-refractivity contribution is 7.85. The molecular formula is C21H15N5O5S. The quantitative estimate of drug-likeness (QED) is 0.196. The Labute approximate surface area is 182 Å². The molecule has 4 aromatic rings. The van der Waals surface area contributed by atoms with Crippen LogP contribution in [0.3, 0.4) is 0 Å². The number of hydrogen-bond acceptors (Lipinski definition) is 8. The molecule has 0 aliphatic rings. The molecule has 2 heterocycles. The van der Waals surface area contributed by atoms with Crippen molar-refractivity contribution in [3.63, 3.8) is 0 Å². The van der Waals surface area contributed by atoms with E-state index in [2.05, 4.69) is 20.5 Å². The molecule has 160 valence electrons. The number of para-hydroxylation sites is 1. The van der Waals surface area contributed by atoms with E-state index in [0.717, 1.165) is 11.6 Å². The number of anilines is 1. The highest BCUT2D eigenvalue weighted by Crippen LogP contribution is 2.19. The van der Waals surface area contributed by atoms with Crippen molar-refractivity contribution in [2.45, 2.75) is 4.90 Å². The standard InChI is InChI=1S/C21H15N5O5S/c27-26(28)16-9-11-20(22-13-16)24-25-21(15-5-3-6-17(12-15)32(29,30)31)19-10-8-14-4-1-2-7-18(14)23-19/h1-13H,(H,22,24)(H,29,30,31)/b25-21+. The Balaban J connectivity index is 1.80. The molecule has 0 radical (unpaired) electrons. The lowest BCUT2D eigenvalue weighted by Crippen LogP contribution is -2.10. The summed E-state index contributed by atoms with van der Waals surface area (Å²) in [7, 11) is -4.43. The summed E-state index contributed by atoms with van der Waals surface area (Å²) < 4.78 is 32.6. The maximum Gasteiger partial charge on any atom is 0.294 e. The van der Waals surface area contributed by atoms with E-state index in [1.165, 1.54) is 30.3 Å². The fourth-order valence-corrected chi connectivity index (χ4v) is 3.47. The lowest BCUT2D eigenvalue weighted by atomic mass is 10.1. The normalized spacial score (nSPS) is 12.0. The first-order chi connectivity index (χ1) is 15.3. The van der Waals surface area contributed by atoms with Crippen molar-refractivity contribution in [2.24, 2.45) is 5.10 Å². The lowest BCUT2D eigenvalue weighted by Gasteiger charge is -2.10. The summed E-state index contributed by atoms with van der Waals surface area (Å²) in [5.41, 5.74) is 4.34. The summed E-state index contributed by atoms with van der Waals surface area (Å²) >= 11 is 0. The number of benzene rings is 2. The number of aromatic nitrogens is 2. The van der Waals surface area contributed by atoms with E-state index in [-0.39, 0.29) is 22.1 Å². The monoisotopic (exact) mass is 449 g/mol. The maximum atomic E-state index is 11.6. The second-order valence-corrected chi connectivity index (χ2v) is 8.04. The molecule has 0 saturated carbocycles. The SMILES string of the molecule is O=[N+]([O-])c1ccc(N/N=C(\c2cccc(S(=O)(=O)O)c2)c2ccc3ccccc3n2)nc1. The fraction of sp³-hybridized carbons (Fsp3) is 0. The average Bonchev–Trinajstić information content (AvgIpc) is 2.79. The highest BCUT2D eigenvalue weighted by atomic mass is 32.2. The fourth-order valence-electron chi connectivity index (χ4n) is 2.94. The Morgan fingerprint density at radius 3 is 2.56 bits per heavy atom. The van der Waals surface area contributed by atoms with Gasteiger partial charge in [0.1, 0.15) is 17.7 Å². The summed E-state index contributed by atoms with van der Waals surface area (Å²) in [6, 6.07) is 19.3. The van der Waals surface area contributed by atoms with Gasteiger partial charge in [0.2, 0.25) is 0 Å². The molecule has 2 N–H and O–H groups in total. The van der Waals surface area contributed by atoms with Crippen molar-refractivity contribution < 1.29 is 17.9 Å². The number of hydrogen-bond donors (Lipinski definition) is 2. The first-order valence-electron chi connectivity index (χ1n) is 9.19. The van der Waals surface area contributed by atoms with Gasteiger partial charge in [0, 0.05) is 17.0 Å². The van der Waals surface area contributed by atoms with Crippen LogP contribution in [0.15, 0.2) is 89.0 Å². The third kappa shape index (κ3) is 4.58. The highest BCUT2D eigenvalue weighted by Gasteiger charge is 2.15. The molecular weight excluding hydrogens is 434 g/mol. The minimum atomic E-state index is -4.43. The van der Waals surface area contributed by atoms with Gasteiger partial charge in [0.25, 0.3) is 15.8 Å². The Hall–Kier alpha value is -4.22. The van der Waals surface area contributed by atoms with Gasteiger partial charge >= 0.3 is 0 Å². The molecule has 0 saturated heterocycles. The van der Waals surface area contributed by atoms with E-state index in [9.17, 15) is 23.1 Å². The zero-order valence-corrected chi connectivity index (χ0v) is 17.1. The average molecular weight is 449 g/mol. The number of hydrazone groups is 1. The molecule has 0 aliphatic carbocycles. The molecule has 0 aliphatic heterocycles. The summed E-state index contributed by atoms with van der Waals surface area (Å²) in [4.78, 5) is 18.5. The Morgan fingerprint density at radius 2 is 1.84 bits per heavy atom. The van der Waals surface area contributed by atoms with Gasteiger partial charge in [-0.05, 0) is 30.3 Å². The molecule has 0 atom stereocenters. The predicted molar refractivity (Wildman–Crippen MR) is 118 cm³/mol. The first kappa shape index (κ1) is 21.0. The van der Waals surface area contributed by atoms with Gasteiger partial charge in [-0.3, -0.25) is 20.1 Å². The topological polar surface area (TPSA) is 148 Å². The second kappa shape index (κ2) is 8.49. The number of rotatable bonds is 6. The third-order valence-electron chi connectivity index (χ3n) is 4.49. The van der Waals surface area contributed by atoms with Crippen molar-refractivity contribution >= 4 is 38.2 Å². The van der Waals surface area contributed by atoms with Gasteiger partial charge in [-0.25, -0.2) is 9.97 Å². The van der Waals surface area contributed by atoms with Gasteiger partial charge in [0.05, 0.1) is 21.0 Å². The number of nitro groups is 1. The maximum absolute atomic E-state index is 11.6. The van der Waals surface area contributed by atoms with Crippen LogP contribution in [-0.2, 0) is 10.1 Å². The molecule has 0 unspecified atom stereocenters. The van der Waals surface area contributed by atoms with Crippen LogP contribution in [0.5, 0.6) is 0 Å². The van der Waals surface area contributed by atoms with E-state index in [1.807, 2.05) is 30.3 Å². The molecule has 0 amide bonds. The van der Waals surface area contributed by atoms with Crippen LogP contribution >= 0.6 is 0 Å². The molecule has 0 spiro atoms. The molecule has 11 heteroatoms. The molecule has 2 aromatic heterocycles. The molecule has 4 rings (SSSR count). The summed E-state index contributed by atoms with van der Waals surface area (Å²) in [6.07, 6.45) is 1.09. The zero-order valence-electron chi connectivity index (χ0n) is 16.3. The van der Waals surface area contributed by atoms with Crippen LogP contribution < -0.4 is 5.43 Å². The Kier molecular flexibility index (Phi) is 5.58. The van der Waals surface area contributed by atoms with Gasteiger partial charge in [-0.15, -0.1) is 0 Å². The van der Waals surface area contributed by atoms with Crippen LogP contribution in [0, 0.1) is 10.1 Å². The van der Waals surface area contributed by atoms with Crippen molar-refractivity contribution in [1.82, 2.24) is 9.97 Å². The number of fused-ring (bicyclic) bond motifs is 1. The number of pyridine rings is 2. The zero-order chi connectivity index (χ0) is 22.7. The van der Waals surface area contributed by atoms with Crippen LogP contribution in [-0.4, -0.2) is 33.6 Å². The summed E-state index contributed by atoms with van der Waals surface area (Å²) in [5, 5.41) is 16.1. The van der Waals surface area contributed by atoms with Crippen molar-refractivity contribution in [2.75, 3.05) is 5.43 Å². The van der Waals surface area contributed by atoms with Crippen LogP contribution in [0.2, 0.25) is 0 Å². The molecule has 2 aromatic carbocycles. The molecule has 0 fully saturated rings. The van der Waals surface area contributed by atoms with Gasteiger partial charge in [-0.2, -0.15) is 13.5 Å². The minimum Gasteiger partial charge on any atom is -0.282 e. The van der Waals surface area contributed by atoms with Gasteiger partial charge < -0.3 is 0 Å². The lowest BCUT2D eigenvalue weighted by molar-refractivity contribution is -0.385. The van der Waals surface area contributed by atoms with Crippen LogP contribution in [0.1, 0.15) is 11.3 Å². The first-order valence-corrected chi connectivity index (χ1v) is 10.6. The van der Waals surface area contributed by atoms with E-state index in [0.29, 0.717) is 16.8 Å². The number of nitrogens with zero attached hydrogens (tertiary/aromatic N) is 4.